The maximum atomic E-state index is 4.13. The minimum absolute atomic E-state index is 0. The number of hydrogen-bond acceptors (Lipinski definition) is 4. The molecule has 0 N–H and O–H groups in total. The second-order valence-corrected chi connectivity index (χ2v) is 0. The van der Waals surface area contributed by atoms with Crippen molar-refractivity contribution in [1.29, 1.82) is 0 Å². The molecule has 0 spiro atoms. The molecule has 0 aliphatic carbocycles. The SMILES string of the molecule is [SH-].[SH-].[SH-].[S]=[Sb].[Sb+3]. The van der Waals surface area contributed by atoms with E-state index in [1.54, 1.807) is 0 Å². The van der Waals surface area contributed by atoms with Gasteiger partial charge in [0.2, 0.25) is 0 Å². The third-order valence-corrected chi connectivity index (χ3v) is 0. The average Bonchev–Trinajstić information content (AvgIpc) is 1.00. The van der Waals surface area contributed by atoms with Crippen LogP contribution >= 0.6 is 9.19 Å². The fourth-order valence-corrected chi connectivity index (χ4v) is 0. The Morgan fingerprint density at radius 1 is 0.833 bits per heavy atom. The minimum Gasteiger partial charge on any atom is 3.00 e. The Labute approximate surface area is 93.6 Å². The first kappa shape index (κ1) is 36.5. The summed E-state index contributed by atoms with van der Waals surface area (Å²) < 4.78 is 0. The molecule has 0 atom stereocenters. The molecule has 0 unspecified atom stereocenters. The van der Waals surface area contributed by atoms with Gasteiger partial charge in [-0.15, -0.1) is 0 Å². The van der Waals surface area contributed by atoms with Crippen molar-refractivity contribution in [2.45, 2.75) is 0 Å². The quantitative estimate of drug-likeness (QED) is 0.305. The van der Waals surface area contributed by atoms with Crippen LogP contribution in [0.2, 0.25) is 0 Å². The van der Waals surface area contributed by atoms with E-state index >= 15 is 0 Å². The zero-order valence-electron chi connectivity index (χ0n) is 2.64. The second-order valence-electron chi connectivity index (χ2n) is 0. The van der Waals surface area contributed by atoms with Crippen molar-refractivity contribution in [3.63, 3.8) is 0 Å². The summed E-state index contributed by atoms with van der Waals surface area (Å²) in [5.74, 6) is 0. The van der Waals surface area contributed by atoms with Crippen LogP contribution in [-0.2, 0) is 40.5 Å². The first-order valence-corrected chi connectivity index (χ1v) is 3.67. The molecule has 0 aliphatic heterocycles. The molecule has 0 saturated heterocycles. The van der Waals surface area contributed by atoms with Crippen LogP contribution in [0.25, 0.3) is 0 Å². The van der Waals surface area contributed by atoms with Crippen LogP contribution in [0.5, 0.6) is 0 Å². The molecular formula is H3S4Sb2. The van der Waals surface area contributed by atoms with Crippen LogP contribution in [0.1, 0.15) is 0 Å². The van der Waals surface area contributed by atoms with Gasteiger partial charge in [-0.2, -0.15) is 0 Å². The van der Waals surface area contributed by atoms with Gasteiger partial charge in [0, 0.05) is 0 Å². The molecule has 0 aromatic carbocycles. The molecule has 0 nitrogen and oxygen atoms in total. The Morgan fingerprint density at radius 2 is 0.833 bits per heavy atom. The fourth-order valence-electron chi connectivity index (χ4n) is 0. The molecular weight excluding hydrogens is 372 g/mol. The maximum absolute atomic E-state index is 4.13. The Hall–Kier alpha value is 2.91. The van der Waals surface area contributed by atoms with Gasteiger partial charge >= 0.3 is 54.7 Å². The molecule has 0 fully saturated rings. The predicted molar refractivity (Wildman–Crippen MR) is 45.4 cm³/mol. The zero-order chi connectivity index (χ0) is 2.00. The van der Waals surface area contributed by atoms with Gasteiger partial charge in [0.1, 0.15) is 0 Å². The zero-order valence-corrected chi connectivity index (χ0v) is 11.2. The van der Waals surface area contributed by atoms with Crippen LogP contribution in [0.3, 0.4) is 0 Å². The van der Waals surface area contributed by atoms with Gasteiger partial charge in [0.05, 0.1) is 0 Å². The summed E-state index contributed by atoms with van der Waals surface area (Å²) in [6.45, 7) is 0. The van der Waals surface area contributed by atoms with Crippen molar-refractivity contribution in [2.24, 2.45) is 0 Å². The standard InChI is InChI=1S/3H2S.S.2Sb/h3*1H2;;;/q;;;;;+3/p-3. The molecule has 0 aromatic heterocycles. The average molecular weight is 375 g/mol. The van der Waals surface area contributed by atoms with Gasteiger partial charge < -0.3 is 40.5 Å². The van der Waals surface area contributed by atoms with E-state index < -0.39 is 0 Å². The molecule has 0 heterocycles. The van der Waals surface area contributed by atoms with Crippen LogP contribution in [0, 0.1) is 0 Å². The monoisotopic (exact) mass is 373 g/mol. The molecule has 0 bridgehead atoms. The van der Waals surface area contributed by atoms with Gasteiger partial charge in [-0.3, -0.25) is 0 Å². The van der Waals surface area contributed by atoms with E-state index in [4.69, 9.17) is 0 Å². The molecule has 6 heteroatoms. The van der Waals surface area contributed by atoms with Crippen LogP contribution < -0.4 is 0 Å². The van der Waals surface area contributed by atoms with E-state index in [1.807, 2.05) is 0 Å². The van der Waals surface area contributed by atoms with Crippen molar-refractivity contribution in [1.82, 2.24) is 0 Å². The fraction of sp³-hybridized carbons (Fsp3) is 0. The molecule has 0 amide bonds. The normalized spacial score (nSPS) is 0.667. The van der Waals surface area contributed by atoms with Gasteiger partial charge in [-0.1, -0.05) is 0 Å². The van der Waals surface area contributed by atoms with Gasteiger partial charge in [-0.05, 0) is 0 Å². The Bertz CT molecular complexity index is 5.51. The predicted octanol–water partition coefficient (Wildman–Crippen LogP) is -0.924. The van der Waals surface area contributed by atoms with E-state index in [-0.39, 0.29) is 64.9 Å². The van der Waals surface area contributed by atoms with Gasteiger partial charge in [0.15, 0.2) is 0 Å². The van der Waals surface area contributed by atoms with Crippen molar-refractivity contribution < 1.29 is 0 Å². The summed E-state index contributed by atoms with van der Waals surface area (Å²) in [7, 11) is 4.13. The molecule has 37 valence electrons. The van der Waals surface area contributed by atoms with Crippen LogP contribution in [0.4, 0.5) is 0 Å². The summed E-state index contributed by atoms with van der Waals surface area (Å²) in [6, 6.07) is 0. The molecule has 0 rings (SSSR count). The van der Waals surface area contributed by atoms with E-state index in [0.717, 1.165) is 0 Å². The smallest absolute Gasteiger partial charge is 3.00 e. The van der Waals surface area contributed by atoms with Crippen molar-refractivity contribution in [2.75, 3.05) is 0 Å². The third-order valence-electron chi connectivity index (χ3n) is 0. The Kier molecular flexibility index (Phi) is 271. The molecule has 3 radical (unpaired) electrons. The molecule has 0 saturated carbocycles. The van der Waals surface area contributed by atoms with E-state index in [0.29, 0.717) is 0 Å². The summed E-state index contributed by atoms with van der Waals surface area (Å²) in [6.07, 6.45) is 0. The van der Waals surface area contributed by atoms with Crippen molar-refractivity contribution in [3.8, 4) is 0 Å². The van der Waals surface area contributed by atoms with Crippen molar-refractivity contribution in [3.05, 3.63) is 0 Å². The van der Waals surface area contributed by atoms with Gasteiger partial charge in [-0.25, -0.2) is 0 Å². The van der Waals surface area contributed by atoms with Gasteiger partial charge in [0.25, 0.3) is 0 Å². The maximum Gasteiger partial charge on any atom is 3.00 e. The second kappa shape index (κ2) is 44.6. The van der Waals surface area contributed by atoms with Crippen LogP contribution in [0.15, 0.2) is 0 Å². The third kappa shape index (κ3) is 28.5. The summed E-state index contributed by atoms with van der Waals surface area (Å²) in [5, 5.41) is 0. The number of hydrogen-bond donors (Lipinski definition) is 0. The number of thiol groups is 3. The summed E-state index contributed by atoms with van der Waals surface area (Å²) >= 11 is 1.33. The number of rotatable bonds is 0. The molecule has 0 aromatic rings. The summed E-state index contributed by atoms with van der Waals surface area (Å²) in [5.41, 5.74) is 0. The van der Waals surface area contributed by atoms with E-state index in [2.05, 4.69) is 9.19 Å². The largest absolute Gasteiger partial charge is 3.00 e. The van der Waals surface area contributed by atoms with E-state index in [9.17, 15) is 0 Å². The van der Waals surface area contributed by atoms with E-state index in [1.165, 1.54) is 21.1 Å². The molecule has 0 aliphatic rings. The summed E-state index contributed by atoms with van der Waals surface area (Å²) in [4.78, 5) is 0. The first-order chi connectivity index (χ1) is 1.00. The van der Waals surface area contributed by atoms with Crippen LogP contribution in [-0.4, -0.2) is 45.5 Å². The minimum atomic E-state index is 0. The first-order valence-electron chi connectivity index (χ1n) is 0.183. The Balaban J connectivity index is -0.000000000833. The molecule has 6 heavy (non-hydrogen) atoms. The Morgan fingerprint density at radius 3 is 0.833 bits per heavy atom. The van der Waals surface area contributed by atoms with Crippen molar-refractivity contribution >= 4 is 95.2 Å². The topological polar surface area (TPSA) is 0 Å².